The standard InChI is InChI=1S/C48H88NO7P/c1-6-8-10-12-14-16-18-20-22-24-25-26-27-29-31-33-35-37-39-41-48(50)56-47(46-55-57(51,52)54-44-42-49(3,4)5)45-53-43-40-38-36-34-32-30-28-23-21-19-17-15-13-11-9-7-2/h9,11,14-17,20-23,47H,6-8,10,12-13,18-19,24-46H2,1-5H3/p+1/b11-9-,16-14-,17-15-,22-20-,23-21-. The number of unbranched alkanes of at least 4 members (excludes halogenated alkanes) is 18. The van der Waals surface area contributed by atoms with E-state index in [2.05, 4.69) is 74.6 Å². The Morgan fingerprint density at radius 1 is 0.561 bits per heavy atom. The summed E-state index contributed by atoms with van der Waals surface area (Å²) in [6, 6.07) is 0. The lowest BCUT2D eigenvalue weighted by Gasteiger charge is -2.24. The summed E-state index contributed by atoms with van der Waals surface area (Å²) in [6.07, 6.45) is 51.1. The third-order valence-corrected chi connectivity index (χ3v) is 10.5. The molecule has 9 heteroatoms. The summed E-state index contributed by atoms with van der Waals surface area (Å²) in [6.45, 7) is 5.45. The zero-order chi connectivity index (χ0) is 42.0. The van der Waals surface area contributed by atoms with Crippen LogP contribution in [0.4, 0.5) is 0 Å². The molecule has 0 aromatic heterocycles. The number of phosphoric acid groups is 1. The van der Waals surface area contributed by atoms with Gasteiger partial charge in [0.15, 0.2) is 0 Å². The fourth-order valence-electron chi connectivity index (χ4n) is 6.01. The molecule has 0 amide bonds. The van der Waals surface area contributed by atoms with Gasteiger partial charge in [0.1, 0.15) is 19.3 Å². The number of quaternary nitrogens is 1. The van der Waals surface area contributed by atoms with Crippen molar-refractivity contribution in [1.82, 2.24) is 0 Å². The summed E-state index contributed by atoms with van der Waals surface area (Å²) >= 11 is 0. The van der Waals surface area contributed by atoms with E-state index in [9.17, 15) is 14.3 Å². The van der Waals surface area contributed by atoms with Gasteiger partial charge in [-0.15, -0.1) is 0 Å². The van der Waals surface area contributed by atoms with Crippen molar-refractivity contribution in [3.63, 3.8) is 0 Å². The molecule has 332 valence electrons. The van der Waals surface area contributed by atoms with Crippen molar-refractivity contribution in [2.75, 3.05) is 54.1 Å². The van der Waals surface area contributed by atoms with E-state index in [1.165, 1.54) is 89.9 Å². The molecule has 0 radical (unpaired) electrons. The SMILES string of the molecule is CC/C=C\C/C=C\C/C=C\CCCCCCCCOCC(COP(=O)(O)OCC[N+](C)(C)C)OC(=O)CCCCCCCCCCC/C=C\C/C=C\CCCCC. The van der Waals surface area contributed by atoms with Crippen LogP contribution in [0.15, 0.2) is 60.8 Å². The molecule has 1 N–H and O–H groups in total. The summed E-state index contributed by atoms with van der Waals surface area (Å²) in [5.74, 6) is -0.325. The van der Waals surface area contributed by atoms with Crippen LogP contribution in [0, 0.1) is 0 Å². The zero-order valence-electron chi connectivity index (χ0n) is 37.6. The highest BCUT2D eigenvalue weighted by molar-refractivity contribution is 7.47. The number of likely N-dealkylation sites (N-methyl/N-ethyl adjacent to an activating group) is 1. The first-order valence-electron chi connectivity index (χ1n) is 23.0. The van der Waals surface area contributed by atoms with Crippen LogP contribution in [0.1, 0.15) is 181 Å². The van der Waals surface area contributed by atoms with Gasteiger partial charge in [-0.2, -0.15) is 0 Å². The average Bonchev–Trinajstić information content (AvgIpc) is 3.16. The smallest absolute Gasteiger partial charge is 0.457 e. The highest BCUT2D eigenvalue weighted by Gasteiger charge is 2.26. The minimum Gasteiger partial charge on any atom is -0.457 e. The topological polar surface area (TPSA) is 91.3 Å². The van der Waals surface area contributed by atoms with Crippen molar-refractivity contribution in [3.8, 4) is 0 Å². The predicted octanol–water partition coefficient (Wildman–Crippen LogP) is 13.7. The summed E-state index contributed by atoms with van der Waals surface area (Å²) in [5, 5.41) is 0. The Balaban J connectivity index is 4.23. The Kier molecular flexibility index (Phi) is 39.7. The van der Waals surface area contributed by atoms with Crippen molar-refractivity contribution in [3.05, 3.63) is 60.8 Å². The molecule has 0 spiro atoms. The van der Waals surface area contributed by atoms with Crippen molar-refractivity contribution >= 4 is 13.8 Å². The second-order valence-electron chi connectivity index (χ2n) is 16.4. The zero-order valence-corrected chi connectivity index (χ0v) is 38.5. The molecule has 0 aliphatic carbocycles. The molecule has 0 aromatic rings. The first-order chi connectivity index (χ1) is 27.6. The van der Waals surface area contributed by atoms with Crippen LogP contribution in [-0.2, 0) is 27.9 Å². The molecule has 0 aliphatic rings. The Morgan fingerprint density at radius 3 is 1.53 bits per heavy atom. The fourth-order valence-corrected chi connectivity index (χ4v) is 6.75. The molecule has 0 saturated carbocycles. The Bertz CT molecular complexity index is 1090. The summed E-state index contributed by atoms with van der Waals surface area (Å²) in [5.41, 5.74) is 0. The maximum atomic E-state index is 12.7. The molecular formula is C48H89NO7P+. The molecule has 57 heavy (non-hydrogen) atoms. The van der Waals surface area contributed by atoms with Crippen LogP contribution in [0.2, 0.25) is 0 Å². The second kappa shape index (κ2) is 41.0. The van der Waals surface area contributed by atoms with E-state index in [-0.39, 0.29) is 25.8 Å². The van der Waals surface area contributed by atoms with Gasteiger partial charge in [0.05, 0.1) is 34.4 Å². The average molecular weight is 823 g/mol. The number of rotatable bonds is 42. The molecule has 0 rings (SSSR count). The van der Waals surface area contributed by atoms with Crippen LogP contribution >= 0.6 is 7.82 Å². The van der Waals surface area contributed by atoms with Crippen molar-refractivity contribution in [2.24, 2.45) is 0 Å². The monoisotopic (exact) mass is 823 g/mol. The van der Waals surface area contributed by atoms with Crippen molar-refractivity contribution < 1.29 is 37.3 Å². The molecule has 0 heterocycles. The number of phosphoric ester groups is 1. The third kappa shape index (κ3) is 45.1. The number of esters is 1. The minimum absolute atomic E-state index is 0.0825. The predicted molar refractivity (Wildman–Crippen MR) is 242 cm³/mol. The first kappa shape index (κ1) is 55.2. The normalized spacial score (nSPS) is 14.3. The van der Waals surface area contributed by atoms with Crippen LogP contribution in [-0.4, -0.2) is 75.6 Å². The number of carbonyl (C=O) groups excluding carboxylic acids is 1. The van der Waals surface area contributed by atoms with Gasteiger partial charge >= 0.3 is 13.8 Å². The summed E-state index contributed by atoms with van der Waals surface area (Å²) < 4.78 is 35.0. The van der Waals surface area contributed by atoms with E-state index in [0.29, 0.717) is 24.1 Å². The van der Waals surface area contributed by atoms with Gasteiger partial charge < -0.3 is 18.9 Å². The van der Waals surface area contributed by atoms with Crippen LogP contribution < -0.4 is 0 Å². The Labute approximate surface area is 351 Å². The summed E-state index contributed by atoms with van der Waals surface area (Å²) in [7, 11) is 1.65. The van der Waals surface area contributed by atoms with E-state index in [0.717, 1.165) is 70.6 Å². The third-order valence-electron chi connectivity index (χ3n) is 9.56. The van der Waals surface area contributed by atoms with E-state index in [1.807, 2.05) is 21.1 Å². The van der Waals surface area contributed by atoms with E-state index in [1.54, 1.807) is 0 Å². The maximum Gasteiger partial charge on any atom is 0.472 e. The van der Waals surface area contributed by atoms with Gasteiger partial charge in [-0.3, -0.25) is 13.8 Å². The van der Waals surface area contributed by atoms with E-state index in [4.69, 9.17) is 18.5 Å². The van der Waals surface area contributed by atoms with Gasteiger partial charge in [-0.05, 0) is 77.0 Å². The highest BCUT2D eigenvalue weighted by atomic mass is 31.2. The van der Waals surface area contributed by atoms with Crippen molar-refractivity contribution in [1.29, 1.82) is 0 Å². The molecule has 0 aromatic carbocycles. The quantitative estimate of drug-likeness (QED) is 0.0215. The first-order valence-corrected chi connectivity index (χ1v) is 24.5. The number of carbonyl (C=O) groups is 1. The lowest BCUT2D eigenvalue weighted by atomic mass is 10.1. The number of allylic oxidation sites excluding steroid dienone is 10. The molecule has 0 saturated heterocycles. The van der Waals surface area contributed by atoms with Crippen LogP contribution in [0.25, 0.3) is 0 Å². The lowest BCUT2D eigenvalue weighted by Crippen LogP contribution is -2.37. The molecule has 2 unspecified atom stereocenters. The molecule has 0 bridgehead atoms. The van der Waals surface area contributed by atoms with Gasteiger partial charge in [0.2, 0.25) is 0 Å². The summed E-state index contributed by atoms with van der Waals surface area (Å²) in [4.78, 5) is 22.9. The van der Waals surface area contributed by atoms with E-state index >= 15 is 0 Å². The Hall–Kier alpha value is -1.80. The van der Waals surface area contributed by atoms with Crippen LogP contribution in [0.5, 0.6) is 0 Å². The minimum atomic E-state index is -4.28. The van der Waals surface area contributed by atoms with Gasteiger partial charge in [0.25, 0.3) is 0 Å². The number of nitrogens with zero attached hydrogens (tertiary/aromatic N) is 1. The number of hydrogen-bond donors (Lipinski definition) is 1. The second-order valence-corrected chi connectivity index (χ2v) is 17.9. The van der Waals surface area contributed by atoms with E-state index < -0.39 is 13.9 Å². The number of ether oxygens (including phenoxy) is 2. The molecule has 0 aliphatic heterocycles. The largest absolute Gasteiger partial charge is 0.472 e. The van der Waals surface area contributed by atoms with Crippen LogP contribution in [0.3, 0.4) is 0 Å². The van der Waals surface area contributed by atoms with Gasteiger partial charge in [0, 0.05) is 13.0 Å². The lowest BCUT2D eigenvalue weighted by molar-refractivity contribution is -0.870. The molecule has 2 atom stereocenters. The molecule has 8 nitrogen and oxygen atoms in total. The maximum absolute atomic E-state index is 12.7. The fraction of sp³-hybridized carbons (Fsp3) is 0.771. The Morgan fingerprint density at radius 2 is 1.02 bits per heavy atom. The van der Waals surface area contributed by atoms with Gasteiger partial charge in [-0.1, -0.05) is 158 Å². The van der Waals surface area contributed by atoms with Gasteiger partial charge in [-0.25, -0.2) is 4.57 Å². The molecule has 0 fully saturated rings. The number of hydrogen-bond acceptors (Lipinski definition) is 6. The highest BCUT2D eigenvalue weighted by Crippen LogP contribution is 2.43. The molecular weight excluding hydrogens is 734 g/mol. The van der Waals surface area contributed by atoms with Crippen molar-refractivity contribution in [2.45, 2.75) is 187 Å².